The highest BCUT2D eigenvalue weighted by Gasteiger charge is 2.32. The lowest BCUT2D eigenvalue weighted by Gasteiger charge is -2.34. The molecule has 0 aliphatic carbocycles. The Morgan fingerprint density at radius 2 is 1.76 bits per heavy atom. The molecule has 1 aromatic heterocycles. The minimum Gasteiger partial charge on any atom is -0.373 e. The summed E-state index contributed by atoms with van der Waals surface area (Å²) in [7, 11) is -3.64. The van der Waals surface area contributed by atoms with Gasteiger partial charge in [-0.15, -0.1) is 0 Å². The molecule has 8 nitrogen and oxygen atoms in total. The van der Waals surface area contributed by atoms with Crippen molar-refractivity contribution in [2.24, 2.45) is 0 Å². The Morgan fingerprint density at radius 1 is 1.17 bits per heavy atom. The maximum absolute atomic E-state index is 12.9. The van der Waals surface area contributed by atoms with Crippen LogP contribution in [0.25, 0.3) is 0 Å². The van der Waals surface area contributed by atoms with Gasteiger partial charge in [-0.3, -0.25) is 4.79 Å². The summed E-state index contributed by atoms with van der Waals surface area (Å²) in [5.74, 6) is 0.292. The van der Waals surface area contributed by atoms with Crippen molar-refractivity contribution in [2.75, 3.05) is 18.4 Å². The zero-order valence-corrected chi connectivity index (χ0v) is 18.2. The zero-order chi connectivity index (χ0) is 21.3. The van der Waals surface area contributed by atoms with Crippen LogP contribution in [0.2, 0.25) is 0 Å². The third-order valence-electron chi connectivity index (χ3n) is 4.73. The van der Waals surface area contributed by atoms with Crippen molar-refractivity contribution in [2.45, 2.75) is 57.8 Å². The zero-order valence-electron chi connectivity index (χ0n) is 17.4. The fourth-order valence-electron chi connectivity index (χ4n) is 3.45. The predicted octanol–water partition coefficient (Wildman–Crippen LogP) is 2.82. The van der Waals surface area contributed by atoms with E-state index in [4.69, 9.17) is 4.74 Å². The van der Waals surface area contributed by atoms with Gasteiger partial charge < -0.3 is 10.1 Å². The highest BCUT2D eigenvalue weighted by molar-refractivity contribution is 7.89. The van der Waals surface area contributed by atoms with Crippen LogP contribution in [-0.2, 0) is 14.8 Å². The Hall–Kier alpha value is -2.23. The van der Waals surface area contributed by atoms with Gasteiger partial charge in [0.1, 0.15) is 5.82 Å². The van der Waals surface area contributed by atoms with E-state index < -0.39 is 10.0 Å². The third-order valence-corrected chi connectivity index (χ3v) is 6.57. The average molecular weight is 421 g/mol. The molecule has 1 fully saturated rings. The first kappa shape index (κ1) is 21.5. The van der Waals surface area contributed by atoms with E-state index in [0.717, 1.165) is 5.69 Å². The number of anilines is 1. The van der Waals surface area contributed by atoms with Crippen molar-refractivity contribution in [3.63, 3.8) is 0 Å². The molecule has 29 heavy (non-hydrogen) atoms. The van der Waals surface area contributed by atoms with Crippen LogP contribution < -0.4 is 5.32 Å². The largest absolute Gasteiger partial charge is 0.373 e. The molecule has 1 N–H and O–H groups in total. The highest BCUT2D eigenvalue weighted by atomic mass is 32.2. The van der Waals surface area contributed by atoms with E-state index in [2.05, 4.69) is 10.4 Å². The van der Waals surface area contributed by atoms with E-state index in [1.54, 1.807) is 10.7 Å². The average Bonchev–Trinajstić information content (AvgIpc) is 3.01. The Labute approximate surface area is 171 Å². The van der Waals surface area contributed by atoms with E-state index in [1.165, 1.54) is 28.6 Å². The topological polar surface area (TPSA) is 93.5 Å². The number of amides is 1. The van der Waals surface area contributed by atoms with Gasteiger partial charge in [-0.05, 0) is 58.9 Å². The lowest BCUT2D eigenvalue weighted by Crippen LogP contribution is -2.48. The quantitative estimate of drug-likeness (QED) is 0.803. The van der Waals surface area contributed by atoms with Crippen LogP contribution >= 0.6 is 0 Å². The van der Waals surface area contributed by atoms with Gasteiger partial charge in [0.15, 0.2) is 0 Å². The number of carbonyl (C=O) groups excluding carboxylic acids is 1. The summed E-state index contributed by atoms with van der Waals surface area (Å²) in [5, 5.41) is 7.22. The van der Waals surface area contributed by atoms with Gasteiger partial charge in [-0.2, -0.15) is 9.40 Å². The number of aryl methyl sites for hydroxylation is 1. The van der Waals surface area contributed by atoms with Gasteiger partial charge in [0.2, 0.25) is 10.0 Å². The normalized spacial score (nSPS) is 20.8. The number of sulfonamides is 1. The minimum atomic E-state index is -3.64. The fraction of sp³-hybridized carbons (Fsp3) is 0.500. The Morgan fingerprint density at radius 3 is 2.31 bits per heavy atom. The molecule has 158 valence electrons. The molecule has 2 atom stereocenters. The molecular weight excluding hydrogens is 392 g/mol. The van der Waals surface area contributed by atoms with Crippen molar-refractivity contribution < 1.29 is 17.9 Å². The molecule has 1 amide bonds. The van der Waals surface area contributed by atoms with E-state index in [0.29, 0.717) is 24.5 Å². The summed E-state index contributed by atoms with van der Waals surface area (Å²) in [6, 6.07) is 7.90. The van der Waals surface area contributed by atoms with Crippen molar-refractivity contribution >= 4 is 21.7 Å². The van der Waals surface area contributed by atoms with Crippen molar-refractivity contribution in [1.82, 2.24) is 14.1 Å². The number of hydrogen-bond acceptors (Lipinski definition) is 5. The third kappa shape index (κ3) is 4.68. The van der Waals surface area contributed by atoms with Crippen molar-refractivity contribution in [1.29, 1.82) is 0 Å². The lowest BCUT2D eigenvalue weighted by molar-refractivity contribution is -0.0440. The molecule has 9 heteroatoms. The van der Waals surface area contributed by atoms with Crippen LogP contribution in [0.15, 0.2) is 35.2 Å². The summed E-state index contributed by atoms with van der Waals surface area (Å²) >= 11 is 0. The van der Waals surface area contributed by atoms with Crippen LogP contribution in [0.1, 0.15) is 49.8 Å². The fourth-order valence-corrected chi connectivity index (χ4v) is 5.04. The molecular formula is C20H28N4O4S. The number of carbonyl (C=O) groups is 1. The summed E-state index contributed by atoms with van der Waals surface area (Å²) in [5.41, 5.74) is 1.19. The number of rotatable bonds is 5. The number of ether oxygens (including phenoxy) is 1. The number of nitrogens with one attached hydrogen (secondary N) is 1. The number of nitrogens with zero attached hydrogens (tertiary/aromatic N) is 3. The second kappa shape index (κ2) is 8.25. The van der Waals surface area contributed by atoms with Gasteiger partial charge in [0.05, 0.1) is 22.8 Å². The van der Waals surface area contributed by atoms with Crippen molar-refractivity contribution in [3.05, 3.63) is 41.6 Å². The van der Waals surface area contributed by atoms with Gasteiger partial charge in [0.25, 0.3) is 5.91 Å². The second-order valence-corrected chi connectivity index (χ2v) is 9.71. The molecule has 0 spiro atoms. The van der Waals surface area contributed by atoms with Gasteiger partial charge in [-0.1, -0.05) is 0 Å². The number of benzene rings is 1. The summed E-state index contributed by atoms with van der Waals surface area (Å²) < 4.78 is 34.7. The SMILES string of the molecule is Cc1cc(NC(=O)c2ccc(S(=O)(=O)N3CC(C)OC(C)C3)cc2)n(C(C)C)n1. The van der Waals surface area contributed by atoms with E-state index >= 15 is 0 Å². The second-order valence-electron chi connectivity index (χ2n) is 7.77. The molecule has 1 saturated heterocycles. The van der Waals surface area contributed by atoms with Crippen LogP contribution in [0, 0.1) is 6.92 Å². The summed E-state index contributed by atoms with van der Waals surface area (Å²) in [6.45, 7) is 10.2. The standard InChI is InChI=1S/C20H28N4O4S/c1-13(2)24-19(10-14(3)22-24)21-20(25)17-6-8-18(9-7-17)29(26,27)23-11-15(4)28-16(5)12-23/h6-10,13,15-16H,11-12H2,1-5H3,(H,21,25). The minimum absolute atomic E-state index is 0.102. The summed E-state index contributed by atoms with van der Waals surface area (Å²) in [4.78, 5) is 12.8. The lowest BCUT2D eigenvalue weighted by atomic mass is 10.2. The number of hydrogen-bond donors (Lipinski definition) is 1. The predicted molar refractivity (Wildman–Crippen MR) is 111 cm³/mol. The van der Waals surface area contributed by atoms with Crippen molar-refractivity contribution in [3.8, 4) is 0 Å². The first-order chi connectivity index (χ1) is 13.6. The maximum atomic E-state index is 12.9. The van der Waals surface area contributed by atoms with Crippen LogP contribution in [0.5, 0.6) is 0 Å². The van der Waals surface area contributed by atoms with Gasteiger partial charge >= 0.3 is 0 Å². The molecule has 0 bridgehead atoms. The smallest absolute Gasteiger partial charge is 0.256 e. The van der Waals surface area contributed by atoms with Crippen LogP contribution in [0.4, 0.5) is 5.82 Å². The molecule has 2 heterocycles. The molecule has 2 unspecified atom stereocenters. The number of aromatic nitrogens is 2. The Kier molecular flexibility index (Phi) is 6.11. The molecule has 1 aromatic carbocycles. The van der Waals surface area contributed by atoms with E-state index in [-0.39, 0.29) is 29.1 Å². The Bertz CT molecular complexity index is 972. The molecule has 0 radical (unpaired) electrons. The van der Waals surface area contributed by atoms with Crippen LogP contribution in [-0.4, -0.2) is 53.7 Å². The van der Waals surface area contributed by atoms with Gasteiger partial charge in [0, 0.05) is 30.8 Å². The molecule has 2 aromatic rings. The van der Waals surface area contributed by atoms with Crippen LogP contribution in [0.3, 0.4) is 0 Å². The van der Waals surface area contributed by atoms with E-state index in [1.807, 2.05) is 34.6 Å². The van der Waals surface area contributed by atoms with Gasteiger partial charge in [-0.25, -0.2) is 13.1 Å². The maximum Gasteiger partial charge on any atom is 0.256 e. The highest BCUT2D eigenvalue weighted by Crippen LogP contribution is 2.22. The first-order valence-corrected chi connectivity index (χ1v) is 11.1. The molecule has 0 saturated carbocycles. The molecule has 3 rings (SSSR count). The summed E-state index contributed by atoms with van der Waals surface area (Å²) in [6.07, 6.45) is -0.319. The first-order valence-electron chi connectivity index (χ1n) is 9.71. The monoisotopic (exact) mass is 420 g/mol. The van der Waals surface area contributed by atoms with E-state index in [9.17, 15) is 13.2 Å². The molecule has 1 aliphatic heterocycles. The molecule has 1 aliphatic rings. The number of morpholine rings is 1. The Balaban J connectivity index is 1.77.